The van der Waals surface area contributed by atoms with Crippen LogP contribution in [0.1, 0.15) is 159 Å². The highest BCUT2D eigenvalue weighted by Gasteiger charge is 2.58. The van der Waals surface area contributed by atoms with Crippen molar-refractivity contribution in [1.29, 1.82) is 0 Å². The van der Waals surface area contributed by atoms with Crippen LogP contribution in [0.5, 0.6) is 0 Å². The van der Waals surface area contributed by atoms with Gasteiger partial charge in [0.25, 0.3) is 0 Å². The summed E-state index contributed by atoms with van der Waals surface area (Å²) in [4.78, 5) is 24.4. The van der Waals surface area contributed by atoms with Crippen molar-refractivity contribution >= 4 is 24.3 Å². The number of nitrogens with one attached hydrogen (secondary N) is 1. The molecule has 5 heteroatoms. The van der Waals surface area contributed by atoms with Crippen LogP contribution in [0.3, 0.4) is 0 Å². The molecular formula is C39H69NO3S. The Labute approximate surface area is 277 Å². The quantitative estimate of drug-likeness (QED) is 0.0920. The Bertz CT molecular complexity index is 1000. The zero-order valence-electron chi connectivity index (χ0n) is 30.3. The first-order valence-electron chi connectivity index (χ1n) is 18.4. The molecule has 0 spiro atoms. The number of thiol groups is 1. The largest absolute Gasteiger partial charge is 0.375 e. The summed E-state index contributed by atoms with van der Waals surface area (Å²) in [5, 5.41) is 3.24. The van der Waals surface area contributed by atoms with Crippen LogP contribution >= 0.6 is 12.6 Å². The predicted octanol–water partition coefficient (Wildman–Crippen LogP) is 10.4. The SMILES string of the molecule is CC.CC(=O)CC(C)(C)OCCC(C)(S)NC(=O)C1CCC2(C)C(=CCC3C2CCC2(C)C(CCCCC(C)C)CCC32)C1. The summed E-state index contributed by atoms with van der Waals surface area (Å²) >= 11 is 4.81. The van der Waals surface area contributed by atoms with Crippen molar-refractivity contribution in [2.45, 2.75) is 170 Å². The molecule has 0 heterocycles. The van der Waals surface area contributed by atoms with Gasteiger partial charge < -0.3 is 10.1 Å². The number of Topliss-reactive ketones (excluding diaryl/α,β-unsaturated/α-hetero) is 1. The van der Waals surface area contributed by atoms with Crippen LogP contribution in [-0.2, 0) is 14.3 Å². The average Bonchev–Trinajstić information content (AvgIpc) is 3.26. The minimum absolute atomic E-state index is 0.0259. The Morgan fingerprint density at radius 1 is 1.05 bits per heavy atom. The van der Waals surface area contributed by atoms with Gasteiger partial charge in [-0.2, -0.15) is 12.6 Å². The number of hydrogen-bond donors (Lipinski definition) is 2. The van der Waals surface area contributed by atoms with E-state index >= 15 is 0 Å². The summed E-state index contributed by atoms with van der Waals surface area (Å²) in [5.74, 6) is 4.53. The number of ether oxygens (including phenoxy) is 1. The Hall–Kier alpha value is -0.810. The predicted molar refractivity (Wildman–Crippen MR) is 189 cm³/mol. The van der Waals surface area contributed by atoms with E-state index in [-0.39, 0.29) is 23.0 Å². The minimum atomic E-state index is -0.641. The molecule has 4 rings (SSSR count). The summed E-state index contributed by atoms with van der Waals surface area (Å²) < 4.78 is 5.98. The van der Waals surface area contributed by atoms with Gasteiger partial charge >= 0.3 is 0 Å². The summed E-state index contributed by atoms with van der Waals surface area (Å²) in [6.07, 6.45) is 19.1. The van der Waals surface area contributed by atoms with Gasteiger partial charge in [0.05, 0.1) is 17.1 Å². The molecule has 0 aliphatic heterocycles. The number of carbonyl (C=O) groups excluding carboxylic acids is 2. The number of rotatable bonds is 13. The van der Waals surface area contributed by atoms with E-state index in [1.807, 2.05) is 34.6 Å². The van der Waals surface area contributed by atoms with E-state index in [1.54, 1.807) is 12.5 Å². The Morgan fingerprint density at radius 3 is 2.41 bits per heavy atom. The first-order valence-corrected chi connectivity index (χ1v) is 18.9. The molecule has 0 aromatic heterocycles. The van der Waals surface area contributed by atoms with Gasteiger partial charge in [-0.25, -0.2) is 0 Å². The van der Waals surface area contributed by atoms with E-state index in [1.165, 1.54) is 57.8 Å². The Balaban J connectivity index is 0.00000259. The molecule has 4 nitrogen and oxygen atoms in total. The van der Waals surface area contributed by atoms with Crippen molar-refractivity contribution < 1.29 is 14.3 Å². The van der Waals surface area contributed by atoms with Crippen LogP contribution in [0.4, 0.5) is 0 Å². The van der Waals surface area contributed by atoms with E-state index in [0.29, 0.717) is 24.9 Å². The molecular weight excluding hydrogens is 563 g/mol. The summed E-state index contributed by atoms with van der Waals surface area (Å²) in [6.45, 7) is 21.8. The number of unbranched alkanes of at least 4 members (excludes halogenated alkanes) is 1. The molecule has 0 aromatic rings. The molecule has 0 saturated heterocycles. The number of allylic oxidation sites excluding steroid dienone is 2. The third-order valence-electron chi connectivity index (χ3n) is 12.4. The Kier molecular flexibility index (Phi) is 13.2. The average molecular weight is 632 g/mol. The summed E-state index contributed by atoms with van der Waals surface area (Å²) in [5.41, 5.74) is 1.87. The van der Waals surface area contributed by atoms with Crippen molar-refractivity contribution in [3.05, 3.63) is 11.6 Å². The zero-order valence-corrected chi connectivity index (χ0v) is 31.2. The zero-order chi connectivity index (χ0) is 32.9. The third-order valence-corrected chi connectivity index (χ3v) is 12.7. The maximum Gasteiger partial charge on any atom is 0.224 e. The fourth-order valence-electron chi connectivity index (χ4n) is 10.0. The van der Waals surface area contributed by atoms with E-state index in [0.717, 1.165) is 48.9 Å². The Morgan fingerprint density at radius 2 is 1.75 bits per heavy atom. The van der Waals surface area contributed by atoms with Crippen LogP contribution in [0, 0.1) is 46.3 Å². The van der Waals surface area contributed by atoms with Crippen LogP contribution < -0.4 is 5.32 Å². The fraction of sp³-hybridized carbons (Fsp3) is 0.897. The van der Waals surface area contributed by atoms with Crippen molar-refractivity contribution in [3.8, 4) is 0 Å². The maximum atomic E-state index is 13.5. The topological polar surface area (TPSA) is 55.4 Å². The molecule has 1 amide bonds. The van der Waals surface area contributed by atoms with Crippen molar-refractivity contribution in [3.63, 3.8) is 0 Å². The van der Waals surface area contributed by atoms with Gasteiger partial charge in [-0.1, -0.05) is 72.5 Å². The van der Waals surface area contributed by atoms with E-state index < -0.39 is 10.5 Å². The molecule has 4 aliphatic carbocycles. The molecule has 3 saturated carbocycles. The molecule has 44 heavy (non-hydrogen) atoms. The lowest BCUT2D eigenvalue weighted by molar-refractivity contribution is -0.127. The number of ketones is 1. The monoisotopic (exact) mass is 631 g/mol. The standard InChI is InChI=1S/C37H63NO3S.C2H6/c1-25(2)11-9-10-12-28-14-16-31-30-15-13-29-23-27(17-19-36(29,7)32(30)18-20-35(28,31)6)33(40)38-37(8,42)21-22-41-34(4,5)24-26(3)39;1-2/h13,25,27-28,30-32,42H,9-12,14-24H2,1-8H3,(H,38,40);1-2H3. The van der Waals surface area contributed by atoms with Gasteiger partial charge in [-0.05, 0) is 126 Å². The molecule has 0 radical (unpaired) electrons. The summed E-state index contributed by atoms with van der Waals surface area (Å²) in [6, 6.07) is 0. The molecule has 8 atom stereocenters. The molecule has 254 valence electrons. The second-order valence-electron chi connectivity index (χ2n) is 16.7. The second-order valence-corrected chi connectivity index (χ2v) is 17.7. The van der Waals surface area contributed by atoms with E-state index in [2.05, 4.69) is 39.1 Å². The number of hydrogen-bond acceptors (Lipinski definition) is 4. The van der Waals surface area contributed by atoms with Crippen LogP contribution in [0.25, 0.3) is 0 Å². The third kappa shape index (κ3) is 8.96. The first-order chi connectivity index (χ1) is 20.6. The lowest BCUT2D eigenvalue weighted by atomic mass is 9.47. The highest BCUT2D eigenvalue weighted by atomic mass is 32.1. The van der Waals surface area contributed by atoms with Gasteiger partial charge in [0, 0.05) is 18.8 Å². The van der Waals surface area contributed by atoms with E-state index in [9.17, 15) is 9.59 Å². The molecule has 0 bridgehead atoms. The van der Waals surface area contributed by atoms with Crippen LogP contribution in [0.15, 0.2) is 11.6 Å². The number of fused-ring (bicyclic) bond motifs is 5. The van der Waals surface area contributed by atoms with Gasteiger partial charge in [0.1, 0.15) is 5.78 Å². The molecule has 1 N–H and O–H groups in total. The molecule has 4 aliphatic rings. The summed E-state index contributed by atoms with van der Waals surface area (Å²) in [7, 11) is 0. The van der Waals surface area contributed by atoms with Gasteiger partial charge in [0.2, 0.25) is 5.91 Å². The molecule has 3 fully saturated rings. The van der Waals surface area contributed by atoms with Crippen molar-refractivity contribution in [2.24, 2.45) is 46.3 Å². The first kappa shape index (κ1) is 37.6. The second kappa shape index (κ2) is 15.4. The number of carbonyl (C=O) groups is 2. The van der Waals surface area contributed by atoms with E-state index in [4.69, 9.17) is 17.4 Å². The van der Waals surface area contributed by atoms with Gasteiger partial charge in [-0.3, -0.25) is 9.59 Å². The number of amides is 1. The normalized spacial score (nSPS) is 34.5. The van der Waals surface area contributed by atoms with Crippen molar-refractivity contribution in [2.75, 3.05) is 6.61 Å². The fourth-order valence-corrected chi connectivity index (χ4v) is 10.2. The molecule has 8 unspecified atom stereocenters. The lowest BCUT2D eigenvalue weighted by Gasteiger charge is -2.58. The van der Waals surface area contributed by atoms with Crippen LogP contribution in [-0.4, -0.2) is 28.8 Å². The van der Waals surface area contributed by atoms with Gasteiger partial charge in [0.15, 0.2) is 0 Å². The highest BCUT2D eigenvalue weighted by molar-refractivity contribution is 7.81. The van der Waals surface area contributed by atoms with Crippen molar-refractivity contribution in [1.82, 2.24) is 5.32 Å². The van der Waals surface area contributed by atoms with Gasteiger partial charge in [-0.15, -0.1) is 0 Å². The highest BCUT2D eigenvalue weighted by Crippen LogP contribution is 2.67. The molecule has 0 aromatic carbocycles. The van der Waals surface area contributed by atoms with Crippen LogP contribution in [0.2, 0.25) is 0 Å². The smallest absolute Gasteiger partial charge is 0.224 e. The maximum absolute atomic E-state index is 13.5. The lowest BCUT2D eigenvalue weighted by Crippen LogP contribution is -2.51. The minimum Gasteiger partial charge on any atom is -0.375 e.